The van der Waals surface area contributed by atoms with Crippen molar-refractivity contribution in [2.45, 2.75) is 0 Å². The topological polar surface area (TPSA) is 57.5 Å². The largest absolute Gasteiger partial charge is 2.00 e. The molecule has 0 aromatic carbocycles. The predicted octanol–water partition coefficient (Wildman–Crippen LogP) is -2.90. The van der Waals surface area contributed by atoms with Gasteiger partial charge in [-0.05, 0) is 0 Å². The predicted molar refractivity (Wildman–Crippen MR) is 39.9 cm³/mol. The second-order valence-electron chi connectivity index (χ2n) is 0.283. The first-order valence-electron chi connectivity index (χ1n) is 0.651. The third-order valence-corrected chi connectivity index (χ3v) is 0. The van der Waals surface area contributed by atoms with Gasteiger partial charge in [0.1, 0.15) is 17.4 Å². The van der Waals surface area contributed by atoms with Crippen LogP contribution in [0.3, 0.4) is 0 Å². The van der Waals surface area contributed by atoms with Crippen LogP contribution in [0.25, 0.3) is 0 Å². The molecule has 7 heteroatoms. The summed E-state index contributed by atoms with van der Waals surface area (Å²) in [5, 5.41) is 0. The summed E-state index contributed by atoms with van der Waals surface area (Å²) in [4.78, 5) is 14.3. The van der Waals surface area contributed by atoms with Crippen LogP contribution < -0.4 is 0 Å². The Balaban J connectivity index is -0.00000000450. The van der Waals surface area contributed by atoms with Crippen molar-refractivity contribution in [3.05, 3.63) is 0 Å². The van der Waals surface area contributed by atoms with Crippen molar-refractivity contribution in [2.75, 3.05) is 0 Å². The molecule has 0 saturated heterocycles. The van der Waals surface area contributed by atoms with Crippen LogP contribution in [0.5, 0.6) is 0 Å². The van der Waals surface area contributed by atoms with Crippen LogP contribution in [0, 0.1) is 0 Å². The molecule has 0 fully saturated rings. The molecule has 7 heavy (non-hydrogen) atoms. The van der Waals surface area contributed by atoms with Crippen LogP contribution in [-0.4, -0.2) is 82.2 Å². The minimum atomic E-state index is -3.13. The summed E-state index contributed by atoms with van der Waals surface area (Å²) in [6.45, 7) is 0. The van der Waals surface area contributed by atoms with Gasteiger partial charge in [0.05, 0.1) is 0 Å². The van der Waals surface area contributed by atoms with Gasteiger partial charge in [0.25, 0.3) is 0 Å². The van der Waals surface area contributed by atoms with Crippen molar-refractivity contribution in [1.82, 2.24) is 0 Å². The van der Waals surface area contributed by atoms with E-state index in [0.717, 1.165) is 0 Å². The maximum absolute atomic E-state index is 8.74. The summed E-state index contributed by atoms with van der Waals surface area (Å²) in [6.07, 6.45) is 0. The maximum atomic E-state index is 8.74. The van der Waals surface area contributed by atoms with Crippen LogP contribution in [0.15, 0.2) is 0 Å². The van der Waals surface area contributed by atoms with E-state index >= 15 is 0 Å². The molecule has 0 aliphatic heterocycles. The number of hydrogen-bond donors (Lipinski definition) is 2. The second kappa shape index (κ2) is 15.8. The zero-order chi connectivity index (χ0) is 3.58. The van der Waals surface area contributed by atoms with Crippen molar-refractivity contribution < 1.29 is 17.2 Å². The minimum Gasteiger partial charge on any atom is -1.00 e. The summed E-state index contributed by atoms with van der Waals surface area (Å²) in [7, 11) is -3.13. The molecular formula is H10Al2CaO3P. The maximum Gasteiger partial charge on any atom is 2.00 e. The first kappa shape index (κ1) is 22.7. The Kier molecular flexibility index (Phi) is 51.2. The van der Waals surface area contributed by atoms with Gasteiger partial charge in [-0.3, -0.25) is 4.57 Å². The van der Waals surface area contributed by atoms with Gasteiger partial charge >= 0.3 is 46.0 Å². The van der Waals surface area contributed by atoms with E-state index in [1.54, 1.807) is 0 Å². The Morgan fingerprint density at radius 2 is 1.43 bits per heavy atom. The molecule has 0 rings (SSSR count). The molecule has 0 saturated carbocycles. The van der Waals surface area contributed by atoms with E-state index in [4.69, 9.17) is 14.4 Å². The molecule has 0 heterocycles. The van der Waals surface area contributed by atoms with E-state index in [2.05, 4.69) is 0 Å². The third-order valence-electron chi connectivity index (χ3n) is 0. The van der Waals surface area contributed by atoms with Crippen LogP contribution in [0.2, 0.25) is 0 Å². The van der Waals surface area contributed by atoms with Gasteiger partial charge in [-0.25, -0.2) is 0 Å². The average molecular weight is 183 g/mol. The fourth-order valence-corrected chi connectivity index (χ4v) is 0. The molecule has 0 unspecified atom stereocenters. The van der Waals surface area contributed by atoms with Crippen molar-refractivity contribution >= 4 is 80.7 Å². The van der Waals surface area contributed by atoms with Crippen molar-refractivity contribution in [3.63, 3.8) is 0 Å². The average Bonchev–Trinajstić information content (AvgIpc) is 0.811. The van der Waals surface area contributed by atoms with E-state index in [9.17, 15) is 0 Å². The molecule has 2 N–H and O–H groups in total. The standard InChI is InChI=1S/2Al.Ca.H3O3P.7H/c;;;1-4(2)3;;;;;;;/h;;;4H,(H2,1,2,3);;;;;;;/q;;+2;;;;;;;2*-1. The summed E-state index contributed by atoms with van der Waals surface area (Å²) in [5.74, 6) is 0. The molecule has 0 aromatic heterocycles. The first-order chi connectivity index (χ1) is 1.73. The van der Waals surface area contributed by atoms with E-state index in [0.29, 0.717) is 0 Å². The monoisotopic (exact) mass is 183 g/mol. The third kappa shape index (κ3) is 58.0. The smallest absolute Gasteiger partial charge is 1.00 e. The van der Waals surface area contributed by atoms with Gasteiger partial charge in [-0.1, -0.05) is 0 Å². The fraction of sp³-hybridized carbons (Fsp3) is 0. The van der Waals surface area contributed by atoms with Crippen LogP contribution in [-0.2, 0) is 4.57 Å². The Bertz CT molecular complexity index is 42.8. The molecule has 0 aliphatic carbocycles. The van der Waals surface area contributed by atoms with Gasteiger partial charge in [-0.15, -0.1) is 0 Å². The van der Waals surface area contributed by atoms with Crippen LogP contribution >= 0.6 is 8.25 Å². The van der Waals surface area contributed by atoms with Gasteiger partial charge < -0.3 is 12.6 Å². The number of hydrogen-bond acceptors (Lipinski definition) is 1. The summed E-state index contributed by atoms with van der Waals surface area (Å²) in [5.41, 5.74) is 0. The molecule has 3 nitrogen and oxygen atoms in total. The molecule has 0 atom stereocenters. The zero-order valence-corrected chi connectivity index (χ0v) is 8.72. The molecule has 1 radical (unpaired) electrons. The van der Waals surface area contributed by atoms with Gasteiger partial charge in [0.2, 0.25) is 0 Å². The normalized spacial score (nSPS) is 5.00. The SMILES string of the molecule is O=[PH](O)O.[AlH2].[AlH3].[Ca+2].[H-].[H-]. The molecule has 0 amide bonds. The van der Waals surface area contributed by atoms with Crippen molar-refractivity contribution in [3.8, 4) is 0 Å². The second-order valence-corrected chi connectivity index (χ2v) is 0.848. The summed E-state index contributed by atoms with van der Waals surface area (Å²) in [6, 6.07) is 0. The van der Waals surface area contributed by atoms with E-state index in [-0.39, 0.29) is 75.3 Å². The Labute approximate surface area is 96.7 Å². The Morgan fingerprint density at radius 3 is 1.43 bits per heavy atom. The van der Waals surface area contributed by atoms with E-state index in [1.807, 2.05) is 0 Å². The minimum absolute atomic E-state index is 0. The molecule has 0 bridgehead atoms. The summed E-state index contributed by atoms with van der Waals surface area (Å²) < 4.78 is 8.74. The van der Waals surface area contributed by atoms with Gasteiger partial charge in [-0.2, -0.15) is 0 Å². The Morgan fingerprint density at radius 1 is 1.43 bits per heavy atom. The molecule has 0 spiro atoms. The molecule has 0 aromatic rings. The van der Waals surface area contributed by atoms with Crippen LogP contribution in [0.1, 0.15) is 2.85 Å². The summed E-state index contributed by atoms with van der Waals surface area (Å²) >= 11 is 0. The molecule has 41 valence electrons. The molecular weight excluding hydrogens is 173 g/mol. The fourth-order valence-electron chi connectivity index (χ4n) is 0. The van der Waals surface area contributed by atoms with E-state index in [1.165, 1.54) is 0 Å². The van der Waals surface area contributed by atoms with Gasteiger partial charge in [0, 0.05) is 0 Å². The zero-order valence-electron chi connectivity index (χ0n) is 5.51. The first-order valence-corrected chi connectivity index (χ1v) is 1.95. The van der Waals surface area contributed by atoms with Gasteiger partial charge in [0.15, 0.2) is 17.4 Å². The quantitative estimate of drug-likeness (QED) is 0.313. The Hall–Kier alpha value is 2.47. The molecule has 0 aliphatic rings. The van der Waals surface area contributed by atoms with Crippen molar-refractivity contribution in [1.29, 1.82) is 0 Å². The van der Waals surface area contributed by atoms with Crippen LogP contribution in [0.4, 0.5) is 0 Å². The number of rotatable bonds is 0. The van der Waals surface area contributed by atoms with E-state index < -0.39 is 8.25 Å². The van der Waals surface area contributed by atoms with Crippen molar-refractivity contribution in [2.24, 2.45) is 0 Å².